The molecule has 0 saturated carbocycles. The summed E-state index contributed by atoms with van der Waals surface area (Å²) in [4.78, 5) is 36.5. The lowest BCUT2D eigenvalue weighted by Crippen LogP contribution is -2.47. The minimum Gasteiger partial charge on any atom is -0.451 e. The maximum atomic E-state index is 12.3. The molecule has 3 rings (SSSR count). The zero-order valence-corrected chi connectivity index (χ0v) is 15.7. The molecular weight excluding hydrogens is 358 g/mol. The SMILES string of the molecule is Cc1ccc(NC(=O)COC(=O)C2=CCC(=O)N(c3ccccc3)N2)c(C)c1. The van der Waals surface area contributed by atoms with E-state index in [-0.39, 0.29) is 18.0 Å². The number of hydrazine groups is 1. The third kappa shape index (κ3) is 4.56. The molecule has 7 nitrogen and oxygen atoms in total. The predicted molar refractivity (Wildman–Crippen MR) is 105 cm³/mol. The first-order chi connectivity index (χ1) is 13.4. The third-order valence-electron chi connectivity index (χ3n) is 4.19. The monoisotopic (exact) mass is 379 g/mol. The molecule has 0 aromatic heterocycles. The van der Waals surface area contributed by atoms with Gasteiger partial charge in [0, 0.05) is 12.1 Å². The number of carbonyl (C=O) groups is 3. The molecule has 0 bridgehead atoms. The molecule has 0 spiro atoms. The number of anilines is 2. The maximum absolute atomic E-state index is 12.3. The maximum Gasteiger partial charge on any atom is 0.356 e. The number of esters is 1. The van der Waals surface area contributed by atoms with Crippen LogP contribution >= 0.6 is 0 Å². The second-order valence-corrected chi connectivity index (χ2v) is 6.44. The Bertz CT molecular complexity index is 938. The van der Waals surface area contributed by atoms with Crippen LogP contribution in [0.4, 0.5) is 11.4 Å². The highest BCUT2D eigenvalue weighted by molar-refractivity contribution is 6.00. The van der Waals surface area contributed by atoms with E-state index in [9.17, 15) is 14.4 Å². The standard InChI is InChI=1S/C21H21N3O4/c1-14-8-9-17(15(2)12-14)22-19(25)13-28-21(27)18-10-11-20(26)24(23-18)16-6-4-3-5-7-16/h3-10,12,23H,11,13H2,1-2H3,(H,22,25). The van der Waals surface area contributed by atoms with E-state index < -0.39 is 18.5 Å². The minimum absolute atomic E-state index is 0.0566. The molecule has 144 valence electrons. The molecule has 0 unspecified atom stereocenters. The Labute approximate surface area is 163 Å². The summed E-state index contributed by atoms with van der Waals surface area (Å²) in [5, 5.41) is 4.00. The van der Waals surface area contributed by atoms with Gasteiger partial charge in [-0.2, -0.15) is 0 Å². The van der Waals surface area contributed by atoms with Gasteiger partial charge < -0.3 is 10.1 Å². The minimum atomic E-state index is -0.704. The highest BCUT2D eigenvalue weighted by atomic mass is 16.5. The van der Waals surface area contributed by atoms with E-state index in [1.165, 1.54) is 11.1 Å². The average Bonchev–Trinajstić information content (AvgIpc) is 2.69. The predicted octanol–water partition coefficient (Wildman–Crippen LogP) is 2.61. The first kappa shape index (κ1) is 19.2. The van der Waals surface area contributed by atoms with Gasteiger partial charge in [-0.3, -0.25) is 15.0 Å². The Kier molecular flexibility index (Phi) is 5.74. The second-order valence-electron chi connectivity index (χ2n) is 6.44. The van der Waals surface area contributed by atoms with E-state index >= 15 is 0 Å². The first-order valence-electron chi connectivity index (χ1n) is 8.83. The summed E-state index contributed by atoms with van der Waals surface area (Å²) >= 11 is 0. The average molecular weight is 379 g/mol. The van der Waals surface area contributed by atoms with Crippen LogP contribution in [0.25, 0.3) is 0 Å². The van der Waals surface area contributed by atoms with E-state index in [0.717, 1.165) is 11.1 Å². The van der Waals surface area contributed by atoms with Crippen molar-refractivity contribution in [3.8, 4) is 0 Å². The summed E-state index contributed by atoms with van der Waals surface area (Å²) in [5.74, 6) is -1.34. The molecule has 1 heterocycles. The van der Waals surface area contributed by atoms with Gasteiger partial charge in [0.2, 0.25) is 5.91 Å². The fourth-order valence-electron chi connectivity index (χ4n) is 2.77. The first-order valence-corrected chi connectivity index (χ1v) is 8.83. The van der Waals surface area contributed by atoms with Crippen molar-refractivity contribution in [2.24, 2.45) is 0 Å². The van der Waals surface area contributed by atoms with Crippen LogP contribution in [0, 0.1) is 13.8 Å². The zero-order valence-electron chi connectivity index (χ0n) is 15.7. The molecule has 2 aromatic carbocycles. The number of carbonyl (C=O) groups excluding carboxylic acids is 3. The summed E-state index contributed by atoms with van der Waals surface area (Å²) in [5.41, 5.74) is 6.16. The van der Waals surface area contributed by atoms with Gasteiger partial charge in [-0.1, -0.05) is 35.9 Å². The van der Waals surface area contributed by atoms with Crippen molar-refractivity contribution >= 4 is 29.2 Å². The highest BCUT2D eigenvalue weighted by Crippen LogP contribution is 2.18. The Hall–Kier alpha value is -3.61. The fourth-order valence-corrected chi connectivity index (χ4v) is 2.77. The number of benzene rings is 2. The van der Waals surface area contributed by atoms with Crippen LogP contribution in [-0.2, 0) is 19.1 Å². The van der Waals surface area contributed by atoms with Gasteiger partial charge in [-0.15, -0.1) is 0 Å². The molecule has 0 atom stereocenters. The van der Waals surface area contributed by atoms with Crippen molar-refractivity contribution in [2.45, 2.75) is 20.3 Å². The summed E-state index contributed by atoms with van der Waals surface area (Å²) in [7, 11) is 0. The van der Waals surface area contributed by atoms with Crippen LogP contribution in [0.5, 0.6) is 0 Å². The molecule has 28 heavy (non-hydrogen) atoms. The van der Waals surface area contributed by atoms with Crippen molar-refractivity contribution in [2.75, 3.05) is 16.9 Å². The molecule has 0 fully saturated rings. The normalized spacial score (nSPS) is 13.4. The number of ether oxygens (including phenoxy) is 1. The molecule has 0 radical (unpaired) electrons. The van der Waals surface area contributed by atoms with Crippen molar-refractivity contribution in [3.05, 3.63) is 71.4 Å². The second kappa shape index (κ2) is 8.39. The van der Waals surface area contributed by atoms with Crippen molar-refractivity contribution in [1.82, 2.24) is 5.43 Å². The number of amides is 2. The molecule has 7 heteroatoms. The third-order valence-corrected chi connectivity index (χ3v) is 4.19. The summed E-state index contributed by atoms with van der Waals surface area (Å²) in [6.07, 6.45) is 1.51. The van der Waals surface area contributed by atoms with E-state index in [0.29, 0.717) is 11.4 Å². The Balaban J connectivity index is 1.57. The van der Waals surface area contributed by atoms with Crippen LogP contribution in [0.3, 0.4) is 0 Å². The van der Waals surface area contributed by atoms with Gasteiger partial charge in [0.15, 0.2) is 6.61 Å². The molecule has 2 aromatic rings. The number of nitrogens with one attached hydrogen (secondary N) is 2. The number of aryl methyl sites for hydroxylation is 2. The topological polar surface area (TPSA) is 87.7 Å². The Morgan fingerprint density at radius 2 is 1.89 bits per heavy atom. The Morgan fingerprint density at radius 1 is 1.14 bits per heavy atom. The van der Waals surface area contributed by atoms with Crippen molar-refractivity contribution in [3.63, 3.8) is 0 Å². The van der Waals surface area contributed by atoms with E-state index in [1.54, 1.807) is 30.3 Å². The molecular formula is C21H21N3O4. The van der Waals surface area contributed by atoms with Crippen molar-refractivity contribution < 1.29 is 19.1 Å². The van der Waals surface area contributed by atoms with Crippen molar-refractivity contribution in [1.29, 1.82) is 0 Å². The van der Waals surface area contributed by atoms with Gasteiger partial charge in [0.05, 0.1) is 5.69 Å². The molecule has 2 N–H and O–H groups in total. The Morgan fingerprint density at radius 3 is 2.61 bits per heavy atom. The van der Waals surface area contributed by atoms with Gasteiger partial charge in [0.1, 0.15) is 5.70 Å². The van der Waals surface area contributed by atoms with Gasteiger partial charge in [0.25, 0.3) is 5.91 Å². The zero-order chi connectivity index (χ0) is 20.1. The number of nitrogens with zero attached hydrogens (tertiary/aromatic N) is 1. The highest BCUT2D eigenvalue weighted by Gasteiger charge is 2.25. The smallest absolute Gasteiger partial charge is 0.356 e. The van der Waals surface area contributed by atoms with Gasteiger partial charge in [-0.25, -0.2) is 9.80 Å². The van der Waals surface area contributed by atoms with Crippen LogP contribution < -0.4 is 15.8 Å². The number of hydrogen-bond donors (Lipinski definition) is 2. The van der Waals surface area contributed by atoms with Crippen LogP contribution in [0.1, 0.15) is 17.5 Å². The lowest BCUT2D eigenvalue weighted by atomic mass is 10.1. The van der Waals surface area contributed by atoms with E-state index in [2.05, 4.69) is 10.7 Å². The molecule has 0 saturated heterocycles. The number of hydrogen-bond acceptors (Lipinski definition) is 5. The summed E-state index contributed by atoms with van der Waals surface area (Å²) in [6.45, 7) is 3.43. The summed E-state index contributed by atoms with van der Waals surface area (Å²) in [6, 6.07) is 14.5. The number of para-hydroxylation sites is 1. The lowest BCUT2D eigenvalue weighted by Gasteiger charge is -2.28. The number of rotatable bonds is 5. The van der Waals surface area contributed by atoms with Crippen LogP contribution in [-0.4, -0.2) is 24.4 Å². The van der Waals surface area contributed by atoms with E-state index in [4.69, 9.17) is 4.74 Å². The largest absolute Gasteiger partial charge is 0.451 e. The van der Waals surface area contributed by atoms with Gasteiger partial charge >= 0.3 is 5.97 Å². The van der Waals surface area contributed by atoms with Crippen LogP contribution in [0.2, 0.25) is 0 Å². The molecule has 2 amide bonds. The molecule has 1 aliphatic heterocycles. The van der Waals surface area contributed by atoms with E-state index in [1.807, 2.05) is 32.0 Å². The van der Waals surface area contributed by atoms with Gasteiger partial charge in [-0.05, 0) is 43.7 Å². The molecule has 1 aliphatic rings. The molecule has 0 aliphatic carbocycles. The fraction of sp³-hybridized carbons (Fsp3) is 0.190. The lowest BCUT2D eigenvalue weighted by molar-refractivity contribution is -0.143. The quantitative estimate of drug-likeness (QED) is 0.780. The van der Waals surface area contributed by atoms with Crippen LogP contribution in [0.15, 0.2) is 60.3 Å². The summed E-state index contributed by atoms with van der Waals surface area (Å²) < 4.78 is 5.08.